The fourth-order valence-electron chi connectivity index (χ4n) is 2.46. The molecular weight excluding hydrogens is 278 g/mol. The molecular formula is C13H23N3O5. The lowest BCUT2D eigenvalue weighted by Gasteiger charge is -2.35. The van der Waals surface area contributed by atoms with E-state index in [9.17, 15) is 14.4 Å². The van der Waals surface area contributed by atoms with Gasteiger partial charge < -0.3 is 25.7 Å². The summed E-state index contributed by atoms with van der Waals surface area (Å²) in [5, 5.41) is 22.7. The maximum atomic E-state index is 11.9. The van der Waals surface area contributed by atoms with Gasteiger partial charge in [-0.15, -0.1) is 0 Å². The first-order valence-electron chi connectivity index (χ1n) is 6.99. The molecule has 0 aliphatic carbocycles. The summed E-state index contributed by atoms with van der Waals surface area (Å²) in [5.74, 6) is -2.05. The lowest BCUT2D eigenvalue weighted by Crippen LogP contribution is -2.54. The molecule has 8 heteroatoms. The second-order valence-electron chi connectivity index (χ2n) is 5.58. The highest BCUT2D eigenvalue weighted by Gasteiger charge is 2.27. The minimum absolute atomic E-state index is 0.00452. The molecule has 0 aromatic carbocycles. The van der Waals surface area contributed by atoms with E-state index in [1.54, 1.807) is 0 Å². The van der Waals surface area contributed by atoms with Crippen LogP contribution in [-0.4, -0.2) is 65.3 Å². The lowest BCUT2D eigenvalue weighted by molar-refractivity contribution is -0.140. The molecule has 2 amide bonds. The number of piperidine rings is 1. The number of carboxylic acid groups (broad SMARTS) is 2. The van der Waals surface area contributed by atoms with Crippen LogP contribution in [0.15, 0.2) is 0 Å². The average Bonchev–Trinajstić information content (AvgIpc) is 2.37. The van der Waals surface area contributed by atoms with Gasteiger partial charge in [-0.1, -0.05) is 6.92 Å². The zero-order valence-electron chi connectivity index (χ0n) is 12.3. The van der Waals surface area contributed by atoms with Gasteiger partial charge in [0.1, 0.15) is 6.04 Å². The van der Waals surface area contributed by atoms with Gasteiger partial charge in [0.05, 0.1) is 0 Å². The van der Waals surface area contributed by atoms with Crippen LogP contribution < -0.4 is 10.6 Å². The maximum absolute atomic E-state index is 11.9. The quantitative estimate of drug-likeness (QED) is 0.546. The Morgan fingerprint density at radius 3 is 2.52 bits per heavy atom. The SMILES string of the molecule is CC1CN(C)CCC1NC(=O)N[C@@H](CCC(=O)O)C(=O)O. The number of nitrogens with zero attached hydrogens (tertiary/aromatic N) is 1. The molecule has 21 heavy (non-hydrogen) atoms. The Balaban J connectivity index is 2.46. The highest BCUT2D eigenvalue weighted by atomic mass is 16.4. The zero-order chi connectivity index (χ0) is 16.0. The number of likely N-dealkylation sites (tertiary alicyclic amines) is 1. The largest absolute Gasteiger partial charge is 0.481 e. The number of urea groups is 1. The number of carboxylic acids is 2. The first-order chi connectivity index (χ1) is 9.79. The molecule has 0 aromatic heterocycles. The average molecular weight is 301 g/mol. The first-order valence-corrected chi connectivity index (χ1v) is 6.99. The fourth-order valence-corrected chi connectivity index (χ4v) is 2.46. The van der Waals surface area contributed by atoms with Crippen LogP contribution in [0.5, 0.6) is 0 Å². The molecule has 1 heterocycles. The van der Waals surface area contributed by atoms with E-state index in [1.807, 2.05) is 14.0 Å². The van der Waals surface area contributed by atoms with Crippen molar-refractivity contribution in [1.29, 1.82) is 0 Å². The third kappa shape index (κ3) is 5.99. The highest BCUT2D eigenvalue weighted by molar-refractivity contribution is 5.83. The van der Waals surface area contributed by atoms with Gasteiger partial charge >= 0.3 is 18.0 Å². The Morgan fingerprint density at radius 1 is 1.33 bits per heavy atom. The summed E-state index contributed by atoms with van der Waals surface area (Å²) in [6.45, 7) is 3.77. The summed E-state index contributed by atoms with van der Waals surface area (Å²) in [6.07, 6.45) is 0.362. The van der Waals surface area contributed by atoms with Crippen molar-refractivity contribution in [3.63, 3.8) is 0 Å². The van der Waals surface area contributed by atoms with Crippen molar-refractivity contribution in [2.75, 3.05) is 20.1 Å². The molecule has 1 fully saturated rings. The molecule has 1 aliphatic rings. The molecule has 0 saturated carbocycles. The van der Waals surface area contributed by atoms with Crippen molar-refractivity contribution in [2.45, 2.75) is 38.3 Å². The molecule has 2 unspecified atom stereocenters. The molecule has 1 aliphatic heterocycles. The standard InChI is InChI=1S/C13H23N3O5/c1-8-7-16(2)6-5-9(8)14-13(21)15-10(12(19)20)3-4-11(17)18/h8-10H,3-7H2,1-2H3,(H,17,18)(H,19,20)(H2,14,15,21)/t8?,9?,10-/m0/s1. The smallest absolute Gasteiger partial charge is 0.326 e. The van der Waals surface area contributed by atoms with Gasteiger partial charge in [0.2, 0.25) is 0 Å². The molecule has 3 atom stereocenters. The second kappa shape index (κ2) is 7.82. The van der Waals surface area contributed by atoms with Crippen molar-refractivity contribution in [3.8, 4) is 0 Å². The molecule has 120 valence electrons. The van der Waals surface area contributed by atoms with E-state index in [4.69, 9.17) is 10.2 Å². The van der Waals surface area contributed by atoms with Crippen LogP contribution in [0.4, 0.5) is 4.79 Å². The third-order valence-electron chi connectivity index (χ3n) is 3.68. The van der Waals surface area contributed by atoms with Crippen LogP contribution in [0, 0.1) is 5.92 Å². The van der Waals surface area contributed by atoms with Crippen molar-refractivity contribution in [2.24, 2.45) is 5.92 Å². The predicted octanol–water partition coefficient (Wildman–Crippen LogP) is -0.0562. The van der Waals surface area contributed by atoms with Crippen molar-refractivity contribution < 1.29 is 24.6 Å². The number of aliphatic carboxylic acids is 2. The van der Waals surface area contributed by atoms with Crippen LogP contribution in [0.2, 0.25) is 0 Å². The minimum atomic E-state index is -1.23. The number of amides is 2. The number of carbonyl (C=O) groups is 3. The normalized spacial score (nSPS) is 24.1. The van der Waals surface area contributed by atoms with Gasteiger partial charge in [0.15, 0.2) is 0 Å². The predicted molar refractivity (Wildman–Crippen MR) is 75.0 cm³/mol. The number of hydrogen-bond donors (Lipinski definition) is 4. The first kappa shape index (κ1) is 17.2. The Hall–Kier alpha value is -1.83. The lowest BCUT2D eigenvalue weighted by atomic mass is 9.94. The number of carbonyl (C=O) groups excluding carboxylic acids is 1. The molecule has 0 spiro atoms. The molecule has 1 rings (SSSR count). The van der Waals surface area contributed by atoms with Gasteiger partial charge in [0, 0.05) is 19.0 Å². The Morgan fingerprint density at radius 2 is 2.00 bits per heavy atom. The fraction of sp³-hybridized carbons (Fsp3) is 0.769. The maximum Gasteiger partial charge on any atom is 0.326 e. The van der Waals surface area contributed by atoms with Crippen molar-refractivity contribution in [1.82, 2.24) is 15.5 Å². The van der Waals surface area contributed by atoms with Gasteiger partial charge in [-0.25, -0.2) is 9.59 Å². The molecule has 1 saturated heterocycles. The molecule has 0 aromatic rings. The summed E-state index contributed by atoms with van der Waals surface area (Å²) in [4.78, 5) is 35.5. The summed E-state index contributed by atoms with van der Waals surface area (Å²) in [6, 6.07) is -1.76. The molecule has 0 radical (unpaired) electrons. The Bertz CT molecular complexity index is 401. The van der Waals surface area contributed by atoms with Gasteiger partial charge in [0.25, 0.3) is 0 Å². The van der Waals surface area contributed by atoms with E-state index in [0.29, 0.717) is 0 Å². The van der Waals surface area contributed by atoms with E-state index < -0.39 is 24.0 Å². The van der Waals surface area contributed by atoms with Gasteiger partial charge in [-0.3, -0.25) is 4.79 Å². The summed E-state index contributed by atoms with van der Waals surface area (Å²) < 4.78 is 0. The number of rotatable bonds is 6. The number of nitrogens with one attached hydrogen (secondary N) is 2. The summed E-state index contributed by atoms with van der Waals surface area (Å²) in [7, 11) is 2.01. The van der Waals surface area contributed by atoms with Crippen LogP contribution in [0.3, 0.4) is 0 Å². The topological polar surface area (TPSA) is 119 Å². The van der Waals surface area contributed by atoms with E-state index in [0.717, 1.165) is 19.5 Å². The molecule has 8 nitrogen and oxygen atoms in total. The van der Waals surface area contributed by atoms with Crippen molar-refractivity contribution >= 4 is 18.0 Å². The zero-order valence-corrected chi connectivity index (χ0v) is 12.3. The molecule has 0 bridgehead atoms. The van der Waals surface area contributed by atoms with E-state index in [-0.39, 0.29) is 24.8 Å². The van der Waals surface area contributed by atoms with E-state index in [1.165, 1.54) is 0 Å². The third-order valence-corrected chi connectivity index (χ3v) is 3.68. The Kier molecular flexibility index (Phi) is 6.41. The van der Waals surface area contributed by atoms with Crippen LogP contribution in [0.1, 0.15) is 26.2 Å². The minimum Gasteiger partial charge on any atom is -0.481 e. The second-order valence-corrected chi connectivity index (χ2v) is 5.58. The van der Waals surface area contributed by atoms with Gasteiger partial charge in [-0.05, 0) is 32.4 Å². The summed E-state index contributed by atoms with van der Waals surface area (Å²) >= 11 is 0. The van der Waals surface area contributed by atoms with Crippen molar-refractivity contribution in [3.05, 3.63) is 0 Å². The monoisotopic (exact) mass is 301 g/mol. The van der Waals surface area contributed by atoms with Gasteiger partial charge in [-0.2, -0.15) is 0 Å². The van der Waals surface area contributed by atoms with Crippen LogP contribution >= 0.6 is 0 Å². The van der Waals surface area contributed by atoms with Crippen LogP contribution in [0.25, 0.3) is 0 Å². The molecule has 4 N–H and O–H groups in total. The van der Waals surface area contributed by atoms with E-state index in [2.05, 4.69) is 15.5 Å². The van der Waals surface area contributed by atoms with E-state index >= 15 is 0 Å². The highest BCUT2D eigenvalue weighted by Crippen LogP contribution is 2.15. The Labute approximate surface area is 123 Å². The summed E-state index contributed by atoms with van der Waals surface area (Å²) in [5.41, 5.74) is 0. The van der Waals surface area contributed by atoms with Crippen LogP contribution in [-0.2, 0) is 9.59 Å². The number of hydrogen-bond acceptors (Lipinski definition) is 4.